The number of furan rings is 1. The van der Waals surface area contributed by atoms with Crippen LogP contribution in [0.4, 0.5) is 0 Å². The minimum atomic E-state index is -0.301. The van der Waals surface area contributed by atoms with Crippen LogP contribution < -0.4 is 15.0 Å². The molecule has 0 radical (unpaired) electrons. The number of hydrogen-bond acceptors (Lipinski definition) is 6. The second-order valence-corrected chi connectivity index (χ2v) is 9.10. The summed E-state index contributed by atoms with van der Waals surface area (Å²) in [4.78, 5) is 18.1. The number of hydrogen-bond donors (Lipinski definition) is 0. The van der Waals surface area contributed by atoms with Crippen molar-refractivity contribution < 1.29 is 13.9 Å². The van der Waals surface area contributed by atoms with Gasteiger partial charge in [-0.1, -0.05) is 28.1 Å². The predicted molar refractivity (Wildman–Crippen MR) is 132 cm³/mol. The first kappa shape index (κ1) is 20.2. The number of aromatic nitrogens is 2. The van der Waals surface area contributed by atoms with Crippen molar-refractivity contribution in [1.29, 1.82) is 0 Å². The Hall–Kier alpha value is -3.43. The molecule has 0 atom stereocenters. The van der Waals surface area contributed by atoms with E-state index in [0.29, 0.717) is 39.6 Å². The first-order valence-electron chi connectivity index (χ1n) is 9.91. The summed E-state index contributed by atoms with van der Waals surface area (Å²) >= 11 is 7.00. The standard InChI is InChI=1S/C24H13Br2N3O4/c25-15-5-6-19-13(7-15)8-22(33-19)23-28-18-4-2-1-3-16(18)24(30)29(23)27-11-14-9-20-21(10-17(14)26)32-12-31-20/h1-11H,12H2. The molecule has 1 aliphatic heterocycles. The zero-order valence-corrected chi connectivity index (χ0v) is 20.0. The predicted octanol–water partition coefficient (Wildman–Crippen LogP) is 5.95. The molecule has 7 nitrogen and oxygen atoms in total. The lowest BCUT2D eigenvalue weighted by molar-refractivity contribution is 0.174. The van der Waals surface area contributed by atoms with Crippen LogP contribution in [-0.2, 0) is 0 Å². The molecule has 1 aliphatic rings. The van der Waals surface area contributed by atoms with Crippen molar-refractivity contribution in [2.45, 2.75) is 0 Å². The van der Waals surface area contributed by atoms with Gasteiger partial charge in [0.25, 0.3) is 5.56 Å². The SMILES string of the molecule is O=c1c2ccccc2nc(-c2cc3cc(Br)ccc3o2)n1N=Cc1cc2c(cc1Br)OCO2. The summed E-state index contributed by atoms with van der Waals surface area (Å²) in [5.41, 5.74) is 1.67. The van der Waals surface area contributed by atoms with Gasteiger partial charge < -0.3 is 13.9 Å². The highest BCUT2D eigenvalue weighted by atomic mass is 79.9. The van der Waals surface area contributed by atoms with E-state index in [2.05, 4.69) is 37.0 Å². The van der Waals surface area contributed by atoms with E-state index in [9.17, 15) is 4.79 Å². The molecular weight excluding hydrogens is 554 g/mol. The van der Waals surface area contributed by atoms with Crippen LogP contribution in [0.15, 0.2) is 83.9 Å². The molecule has 162 valence electrons. The van der Waals surface area contributed by atoms with Gasteiger partial charge in [-0.05, 0) is 64.5 Å². The monoisotopic (exact) mass is 565 g/mol. The fourth-order valence-electron chi connectivity index (χ4n) is 3.67. The molecule has 2 aromatic heterocycles. The number of ether oxygens (including phenoxy) is 2. The van der Waals surface area contributed by atoms with E-state index in [0.717, 1.165) is 19.9 Å². The van der Waals surface area contributed by atoms with Gasteiger partial charge in [0.1, 0.15) is 5.58 Å². The third kappa shape index (κ3) is 3.53. The summed E-state index contributed by atoms with van der Waals surface area (Å²) < 4.78 is 19.8. The smallest absolute Gasteiger partial charge is 0.282 e. The lowest BCUT2D eigenvalue weighted by Gasteiger charge is -2.07. The first-order valence-corrected chi connectivity index (χ1v) is 11.5. The van der Waals surface area contributed by atoms with Gasteiger partial charge in [0.15, 0.2) is 17.3 Å². The molecule has 0 saturated carbocycles. The maximum absolute atomic E-state index is 13.4. The molecule has 0 fully saturated rings. The highest BCUT2D eigenvalue weighted by Crippen LogP contribution is 2.36. The number of para-hydroxylation sites is 1. The normalized spacial score (nSPS) is 12.9. The molecule has 3 heterocycles. The molecule has 5 aromatic rings. The highest BCUT2D eigenvalue weighted by molar-refractivity contribution is 9.10. The van der Waals surface area contributed by atoms with Crippen molar-refractivity contribution in [3.8, 4) is 23.1 Å². The summed E-state index contributed by atoms with van der Waals surface area (Å²) in [6.45, 7) is 0.169. The average molecular weight is 567 g/mol. The zero-order valence-electron chi connectivity index (χ0n) is 16.8. The van der Waals surface area contributed by atoms with Crippen molar-refractivity contribution >= 4 is 59.9 Å². The Morgan fingerprint density at radius 3 is 2.70 bits per heavy atom. The summed E-state index contributed by atoms with van der Waals surface area (Å²) in [5.74, 6) is 2.01. The van der Waals surface area contributed by atoms with Gasteiger partial charge in [-0.15, -0.1) is 0 Å². The molecule has 0 bridgehead atoms. The Bertz CT molecular complexity index is 1660. The van der Waals surface area contributed by atoms with Crippen molar-refractivity contribution in [3.63, 3.8) is 0 Å². The summed E-state index contributed by atoms with van der Waals surface area (Å²) in [5, 5.41) is 5.84. The molecule has 0 saturated heterocycles. The van der Waals surface area contributed by atoms with E-state index in [1.165, 1.54) is 4.68 Å². The van der Waals surface area contributed by atoms with Crippen molar-refractivity contribution in [2.75, 3.05) is 6.79 Å². The molecule has 0 amide bonds. The maximum atomic E-state index is 13.4. The van der Waals surface area contributed by atoms with E-state index >= 15 is 0 Å². The third-order valence-electron chi connectivity index (χ3n) is 5.26. The van der Waals surface area contributed by atoms with Gasteiger partial charge in [0.05, 0.1) is 17.1 Å². The molecule has 6 rings (SSSR count). The van der Waals surface area contributed by atoms with E-state index in [4.69, 9.17) is 18.9 Å². The number of nitrogens with zero attached hydrogens (tertiary/aromatic N) is 3. The average Bonchev–Trinajstić information content (AvgIpc) is 3.44. The summed E-state index contributed by atoms with van der Waals surface area (Å²) in [6, 6.07) is 18.3. The molecule has 33 heavy (non-hydrogen) atoms. The number of rotatable bonds is 3. The maximum Gasteiger partial charge on any atom is 0.282 e. The van der Waals surface area contributed by atoms with Gasteiger partial charge >= 0.3 is 0 Å². The van der Waals surface area contributed by atoms with Crippen LogP contribution in [0.1, 0.15) is 5.56 Å². The molecule has 0 unspecified atom stereocenters. The largest absolute Gasteiger partial charge is 0.454 e. The topological polar surface area (TPSA) is 78.9 Å². The lowest BCUT2D eigenvalue weighted by atomic mass is 10.2. The Balaban J connectivity index is 1.55. The lowest BCUT2D eigenvalue weighted by Crippen LogP contribution is -2.20. The fraction of sp³-hybridized carbons (Fsp3) is 0.0417. The van der Waals surface area contributed by atoms with E-state index in [-0.39, 0.29) is 12.4 Å². The van der Waals surface area contributed by atoms with E-state index in [1.54, 1.807) is 30.5 Å². The first-order chi connectivity index (χ1) is 16.1. The summed E-state index contributed by atoms with van der Waals surface area (Å²) in [7, 11) is 0. The Morgan fingerprint density at radius 1 is 1.00 bits per heavy atom. The Labute approximate surface area is 203 Å². The van der Waals surface area contributed by atoms with E-state index < -0.39 is 0 Å². The third-order valence-corrected chi connectivity index (χ3v) is 6.44. The van der Waals surface area contributed by atoms with Gasteiger partial charge in [-0.3, -0.25) is 4.79 Å². The second kappa shape index (κ2) is 7.86. The minimum absolute atomic E-state index is 0.169. The van der Waals surface area contributed by atoms with Crippen LogP contribution in [0.5, 0.6) is 11.5 Å². The number of halogens is 2. The minimum Gasteiger partial charge on any atom is -0.454 e. The van der Waals surface area contributed by atoms with Crippen LogP contribution in [0.3, 0.4) is 0 Å². The second-order valence-electron chi connectivity index (χ2n) is 7.33. The number of fused-ring (bicyclic) bond motifs is 3. The quantitative estimate of drug-likeness (QED) is 0.252. The van der Waals surface area contributed by atoms with Crippen molar-refractivity contribution in [3.05, 3.63) is 85.5 Å². The summed E-state index contributed by atoms with van der Waals surface area (Å²) in [6.07, 6.45) is 1.58. The van der Waals surface area contributed by atoms with Crippen LogP contribution in [0.25, 0.3) is 33.5 Å². The van der Waals surface area contributed by atoms with E-state index in [1.807, 2.05) is 36.4 Å². The molecule has 0 N–H and O–H groups in total. The zero-order chi connectivity index (χ0) is 22.5. The molecule has 0 spiro atoms. The number of benzene rings is 3. The van der Waals surface area contributed by atoms with Crippen molar-refractivity contribution in [1.82, 2.24) is 9.66 Å². The van der Waals surface area contributed by atoms with Gasteiger partial charge in [-0.2, -0.15) is 9.78 Å². The Morgan fingerprint density at radius 2 is 1.82 bits per heavy atom. The van der Waals surface area contributed by atoms with Gasteiger partial charge in [0, 0.05) is 19.9 Å². The van der Waals surface area contributed by atoms with Gasteiger partial charge in [-0.25, -0.2) is 4.98 Å². The van der Waals surface area contributed by atoms with Crippen LogP contribution in [0, 0.1) is 0 Å². The molecule has 9 heteroatoms. The van der Waals surface area contributed by atoms with Crippen LogP contribution >= 0.6 is 31.9 Å². The van der Waals surface area contributed by atoms with Crippen LogP contribution in [-0.4, -0.2) is 22.7 Å². The fourth-order valence-corrected chi connectivity index (χ4v) is 4.47. The Kier molecular flexibility index (Phi) is 4.81. The van der Waals surface area contributed by atoms with Crippen molar-refractivity contribution in [2.24, 2.45) is 5.10 Å². The van der Waals surface area contributed by atoms with Crippen LogP contribution in [0.2, 0.25) is 0 Å². The molecular formula is C24H13Br2N3O4. The molecule has 0 aliphatic carbocycles. The molecule has 3 aromatic carbocycles. The highest BCUT2D eigenvalue weighted by Gasteiger charge is 2.18. The van der Waals surface area contributed by atoms with Gasteiger partial charge in [0.2, 0.25) is 12.6 Å².